The first-order chi connectivity index (χ1) is 9.67. The lowest BCUT2D eigenvalue weighted by molar-refractivity contribution is 0.356. The topological polar surface area (TPSA) is 62.7 Å². The average Bonchev–Trinajstić information content (AvgIpc) is 2.86. The van der Waals surface area contributed by atoms with E-state index < -0.39 is 0 Å². The van der Waals surface area contributed by atoms with Gasteiger partial charge in [-0.05, 0) is 30.2 Å². The molecule has 1 aromatic carbocycles. The summed E-state index contributed by atoms with van der Waals surface area (Å²) in [6.07, 6.45) is 1.14. The molecule has 2 aromatic rings. The van der Waals surface area contributed by atoms with Crippen molar-refractivity contribution in [3.05, 3.63) is 41.0 Å². The van der Waals surface area contributed by atoms with Crippen molar-refractivity contribution in [2.75, 3.05) is 0 Å². The maximum Gasteiger partial charge on any atom is 0.226 e. The first kappa shape index (κ1) is 14.9. The molecule has 0 saturated heterocycles. The third-order valence-corrected chi connectivity index (χ3v) is 3.91. The van der Waals surface area contributed by atoms with Crippen LogP contribution in [0.3, 0.4) is 0 Å². The molecule has 0 spiro atoms. The largest absolute Gasteiger partial charge is 0.339 e. The van der Waals surface area contributed by atoms with Crippen LogP contribution in [0.5, 0.6) is 0 Å². The van der Waals surface area contributed by atoms with Gasteiger partial charge in [-0.2, -0.15) is 10.2 Å². The maximum atomic E-state index is 8.62. The highest BCUT2D eigenvalue weighted by molar-refractivity contribution is 7.98. The van der Waals surface area contributed by atoms with Crippen molar-refractivity contribution in [2.45, 2.75) is 30.4 Å². The van der Waals surface area contributed by atoms with Crippen LogP contribution in [0.4, 0.5) is 0 Å². The van der Waals surface area contributed by atoms with Gasteiger partial charge in [-0.3, -0.25) is 0 Å². The normalized spacial score (nSPS) is 12.1. The van der Waals surface area contributed by atoms with Crippen molar-refractivity contribution in [2.24, 2.45) is 5.92 Å². The van der Waals surface area contributed by atoms with Gasteiger partial charge in [0.05, 0.1) is 11.8 Å². The van der Waals surface area contributed by atoms with E-state index in [1.807, 2.05) is 31.2 Å². The molecule has 1 aromatic heterocycles. The van der Waals surface area contributed by atoms with E-state index in [0.717, 1.165) is 9.92 Å². The minimum absolute atomic E-state index is 0.234. The van der Waals surface area contributed by atoms with Crippen LogP contribution in [0.1, 0.15) is 25.1 Å². The summed E-state index contributed by atoms with van der Waals surface area (Å²) in [5, 5.41) is 13.3. The van der Waals surface area contributed by atoms with Crippen molar-refractivity contribution < 1.29 is 4.52 Å². The fourth-order valence-electron chi connectivity index (χ4n) is 1.64. The number of hydrogen-bond donors (Lipinski definition) is 0. The van der Waals surface area contributed by atoms with Crippen LogP contribution < -0.4 is 0 Å². The van der Waals surface area contributed by atoms with E-state index in [2.05, 4.69) is 16.2 Å². The van der Waals surface area contributed by atoms with Gasteiger partial charge >= 0.3 is 0 Å². The van der Waals surface area contributed by atoms with Gasteiger partial charge in [0, 0.05) is 22.8 Å². The second kappa shape index (κ2) is 7.32. The van der Waals surface area contributed by atoms with Gasteiger partial charge < -0.3 is 4.52 Å². The van der Waals surface area contributed by atoms with Crippen LogP contribution in [0.15, 0.2) is 33.7 Å². The molecule has 0 aliphatic rings. The van der Waals surface area contributed by atoms with Gasteiger partial charge in [0.2, 0.25) is 5.89 Å². The molecule has 6 heteroatoms. The van der Waals surface area contributed by atoms with Crippen molar-refractivity contribution >= 4 is 23.4 Å². The molecule has 1 heterocycles. The van der Waals surface area contributed by atoms with E-state index in [1.54, 1.807) is 11.8 Å². The zero-order valence-corrected chi connectivity index (χ0v) is 12.6. The lowest BCUT2D eigenvalue weighted by Crippen LogP contribution is -1.98. The van der Waals surface area contributed by atoms with Crippen LogP contribution in [0.2, 0.25) is 5.02 Å². The number of thioether (sulfide) groups is 1. The Hall–Kier alpha value is -1.51. The summed E-state index contributed by atoms with van der Waals surface area (Å²) in [7, 11) is 0. The van der Waals surface area contributed by atoms with E-state index in [0.29, 0.717) is 30.3 Å². The standard InChI is InChI=1S/C14H14ClN3OS/c1-10(6-7-16)8-14-17-13(18-19-14)9-20-12-4-2-11(15)3-5-12/h2-5,10H,6,8-9H2,1H3. The number of nitriles is 1. The third kappa shape index (κ3) is 4.55. The summed E-state index contributed by atoms with van der Waals surface area (Å²) in [6.45, 7) is 2.00. The van der Waals surface area contributed by atoms with Crippen LogP contribution >= 0.6 is 23.4 Å². The molecule has 0 aliphatic heterocycles. The molecule has 1 atom stereocenters. The lowest BCUT2D eigenvalue weighted by Gasteiger charge is -2.00. The van der Waals surface area contributed by atoms with E-state index in [1.165, 1.54) is 0 Å². The van der Waals surface area contributed by atoms with E-state index in [-0.39, 0.29) is 5.92 Å². The average molecular weight is 308 g/mol. The predicted molar refractivity (Wildman–Crippen MR) is 78.4 cm³/mol. The second-order valence-electron chi connectivity index (χ2n) is 4.52. The molecule has 0 N–H and O–H groups in total. The predicted octanol–water partition coefficient (Wildman–Crippen LogP) is 4.11. The molecule has 20 heavy (non-hydrogen) atoms. The zero-order chi connectivity index (χ0) is 14.4. The van der Waals surface area contributed by atoms with E-state index >= 15 is 0 Å². The van der Waals surface area contributed by atoms with Crippen molar-refractivity contribution in [1.29, 1.82) is 5.26 Å². The second-order valence-corrected chi connectivity index (χ2v) is 6.00. The Morgan fingerprint density at radius 1 is 1.40 bits per heavy atom. The highest BCUT2D eigenvalue weighted by Gasteiger charge is 2.11. The van der Waals surface area contributed by atoms with Gasteiger partial charge in [-0.1, -0.05) is 23.7 Å². The summed E-state index contributed by atoms with van der Waals surface area (Å²) < 4.78 is 5.18. The number of rotatable bonds is 6. The summed E-state index contributed by atoms with van der Waals surface area (Å²) in [6, 6.07) is 9.78. The van der Waals surface area contributed by atoms with Gasteiger partial charge in [0.25, 0.3) is 0 Å². The Labute approximate surface area is 127 Å². The van der Waals surface area contributed by atoms with Gasteiger partial charge in [-0.25, -0.2) is 0 Å². The minimum atomic E-state index is 0.234. The molecule has 4 nitrogen and oxygen atoms in total. The molecule has 0 aliphatic carbocycles. The first-order valence-corrected chi connectivity index (χ1v) is 7.60. The monoisotopic (exact) mass is 307 g/mol. The van der Waals surface area contributed by atoms with E-state index in [9.17, 15) is 0 Å². The summed E-state index contributed by atoms with van der Waals surface area (Å²) in [5.41, 5.74) is 0. The van der Waals surface area contributed by atoms with Gasteiger partial charge in [-0.15, -0.1) is 11.8 Å². The highest BCUT2D eigenvalue weighted by Crippen LogP contribution is 2.23. The molecule has 2 rings (SSSR count). The van der Waals surface area contributed by atoms with Crippen LogP contribution in [0.25, 0.3) is 0 Å². The summed E-state index contributed by atoms with van der Waals surface area (Å²) in [4.78, 5) is 5.44. The van der Waals surface area contributed by atoms with Gasteiger partial charge in [0.1, 0.15) is 0 Å². The Bertz CT molecular complexity index is 591. The number of nitrogens with zero attached hydrogens (tertiary/aromatic N) is 3. The molecule has 104 valence electrons. The Morgan fingerprint density at radius 3 is 2.85 bits per heavy atom. The Kier molecular flexibility index (Phi) is 5.45. The van der Waals surface area contributed by atoms with Crippen LogP contribution in [-0.2, 0) is 12.2 Å². The maximum absolute atomic E-state index is 8.62. The zero-order valence-electron chi connectivity index (χ0n) is 11.0. The fourth-order valence-corrected chi connectivity index (χ4v) is 2.50. The Balaban J connectivity index is 1.86. The van der Waals surface area contributed by atoms with Crippen LogP contribution in [0, 0.1) is 17.2 Å². The quantitative estimate of drug-likeness (QED) is 0.752. The molecule has 0 radical (unpaired) electrons. The molecule has 0 bridgehead atoms. The van der Waals surface area contributed by atoms with Gasteiger partial charge in [0.15, 0.2) is 5.82 Å². The number of halogens is 1. The van der Waals surface area contributed by atoms with Crippen molar-refractivity contribution in [1.82, 2.24) is 10.1 Å². The first-order valence-electron chi connectivity index (χ1n) is 6.24. The third-order valence-electron chi connectivity index (χ3n) is 2.65. The molecule has 1 unspecified atom stereocenters. The number of aromatic nitrogens is 2. The fraction of sp³-hybridized carbons (Fsp3) is 0.357. The summed E-state index contributed by atoms with van der Waals surface area (Å²) in [5.74, 6) is 2.15. The minimum Gasteiger partial charge on any atom is -0.339 e. The van der Waals surface area contributed by atoms with E-state index in [4.69, 9.17) is 21.4 Å². The van der Waals surface area contributed by atoms with Crippen LogP contribution in [-0.4, -0.2) is 10.1 Å². The number of benzene rings is 1. The van der Waals surface area contributed by atoms with Crippen molar-refractivity contribution in [3.8, 4) is 6.07 Å². The lowest BCUT2D eigenvalue weighted by atomic mass is 10.1. The SMILES string of the molecule is CC(CC#N)Cc1nc(CSc2ccc(Cl)cc2)no1. The molecular weight excluding hydrogens is 294 g/mol. The Morgan fingerprint density at radius 2 is 2.15 bits per heavy atom. The highest BCUT2D eigenvalue weighted by atomic mass is 35.5. The molecule has 0 fully saturated rings. The smallest absolute Gasteiger partial charge is 0.226 e. The number of hydrogen-bond acceptors (Lipinski definition) is 5. The molecule has 0 amide bonds. The van der Waals surface area contributed by atoms with Crippen molar-refractivity contribution in [3.63, 3.8) is 0 Å². The molecular formula is C14H14ClN3OS. The summed E-state index contributed by atoms with van der Waals surface area (Å²) >= 11 is 7.46. The molecule has 0 saturated carbocycles.